The molecule has 1 fully saturated rings. The summed E-state index contributed by atoms with van der Waals surface area (Å²) in [7, 11) is 0. The van der Waals surface area contributed by atoms with Crippen LogP contribution >= 0.6 is 0 Å². The van der Waals surface area contributed by atoms with Gasteiger partial charge >= 0.3 is 5.97 Å². The maximum atomic E-state index is 12.9. The summed E-state index contributed by atoms with van der Waals surface area (Å²) >= 11 is 0. The Balaban J connectivity index is 1.90. The SMILES string of the molecule is CCCCCCCCCCCCC(=O)OC1CC(C)(CC)N(OC(C)c2ccccc2)C(C)(CC)C1C. The van der Waals surface area contributed by atoms with Crippen LogP contribution in [-0.2, 0) is 14.4 Å². The van der Waals surface area contributed by atoms with E-state index in [1.54, 1.807) is 0 Å². The molecule has 0 aromatic heterocycles. The Bertz CT molecular complexity index is 768. The highest BCUT2D eigenvalue weighted by Gasteiger charge is 2.55. The summed E-state index contributed by atoms with van der Waals surface area (Å²) in [6.07, 6.45) is 15.8. The van der Waals surface area contributed by atoms with Crippen molar-refractivity contribution in [2.75, 3.05) is 0 Å². The van der Waals surface area contributed by atoms with Gasteiger partial charge < -0.3 is 4.74 Å². The molecular formula is C33H57NO3. The van der Waals surface area contributed by atoms with Crippen molar-refractivity contribution in [3.8, 4) is 0 Å². The van der Waals surface area contributed by atoms with Gasteiger partial charge in [0.15, 0.2) is 0 Å². The lowest BCUT2D eigenvalue weighted by molar-refractivity contribution is -0.336. The topological polar surface area (TPSA) is 38.8 Å². The number of esters is 1. The largest absolute Gasteiger partial charge is 0.462 e. The molecule has 2 rings (SSSR count). The van der Waals surface area contributed by atoms with Crippen LogP contribution < -0.4 is 0 Å². The van der Waals surface area contributed by atoms with E-state index in [9.17, 15) is 4.79 Å². The molecule has 0 bridgehead atoms. The Labute approximate surface area is 228 Å². The minimum Gasteiger partial charge on any atom is -0.462 e. The minimum atomic E-state index is -0.228. The smallest absolute Gasteiger partial charge is 0.306 e. The molecule has 37 heavy (non-hydrogen) atoms. The number of benzene rings is 1. The van der Waals surface area contributed by atoms with Crippen LogP contribution in [0.2, 0.25) is 0 Å². The normalized spacial score (nSPS) is 27.2. The van der Waals surface area contributed by atoms with Crippen LogP contribution in [0.5, 0.6) is 0 Å². The van der Waals surface area contributed by atoms with E-state index in [-0.39, 0.29) is 35.2 Å². The molecule has 4 nitrogen and oxygen atoms in total. The Morgan fingerprint density at radius 3 is 2.03 bits per heavy atom. The Hall–Kier alpha value is -1.39. The van der Waals surface area contributed by atoms with Crippen molar-refractivity contribution in [2.45, 2.75) is 162 Å². The van der Waals surface area contributed by atoms with Gasteiger partial charge in [0.1, 0.15) is 12.2 Å². The number of nitrogens with zero attached hydrogens (tertiary/aromatic N) is 1. The molecule has 0 N–H and O–H groups in total. The van der Waals surface area contributed by atoms with Gasteiger partial charge in [-0.1, -0.05) is 116 Å². The third-order valence-electron chi connectivity index (χ3n) is 9.16. The monoisotopic (exact) mass is 515 g/mol. The number of hydrogen-bond acceptors (Lipinski definition) is 4. The van der Waals surface area contributed by atoms with Crippen LogP contribution in [0.15, 0.2) is 30.3 Å². The fourth-order valence-corrected chi connectivity index (χ4v) is 5.97. The van der Waals surface area contributed by atoms with Crippen LogP contribution in [0.4, 0.5) is 0 Å². The van der Waals surface area contributed by atoms with Gasteiger partial charge in [0, 0.05) is 29.8 Å². The zero-order chi connectivity index (χ0) is 27.3. The van der Waals surface area contributed by atoms with Crippen molar-refractivity contribution < 1.29 is 14.4 Å². The average molecular weight is 516 g/mol. The van der Waals surface area contributed by atoms with E-state index in [0.29, 0.717) is 6.42 Å². The Morgan fingerprint density at radius 1 is 0.919 bits per heavy atom. The van der Waals surface area contributed by atoms with E-state index in [1.807, 2.05) is 6.07 Å². The van der Waals surface area contributed by atoms with Crippen molar-refractivity contribution in [3.63, 3.8) is 0 Å². The second kappa shape index (κ2) is 15.9. The highest BCUT2D eigenvalue weighted by Crippen LogP contribution is 2.48. The molecule has 0 saturated carbocycles. The second-order valence-electron chi connectivity index (χ2n) is 12.0. The molecule has 1 aliphatic rings. The van der Waals surface area contributed by atoms with Gasteiger partial charge in [-0.15, -0.1) is 0 Å². The number of hydrogen-bond donors (Lipinski definition) is 0. The summed E-state index contributed by atoms with van der Waals surface area (Å²) in [6.45, 7) is 15.6. The lowest BCUT2D eigenvalue weighted by atomic mass is 9.69. The lowest BCUT2D eigenvalue weighted by Gasteiger charge is -2.59. The van der Waals surface area contributed by atoms with E-state index in [2.05, 4.69) is 77.8 Å². The first kappa shape index (κ1) is 31.8. The van der Waals surface area contributed by atoms with Crippen molar-refractivity contribution in [2.24, 2.45) is 5.92 Å². The molecule has 4 heteroatoms. The zero-order valence-corrected chi connectivity index (χ0v) is 25.2. The molecule has 212 valence electrons. The van der Waals surface area contributed by atoms with E-state index in [0.717, 1.165) is 32.1 Å². The van der Waals surface area contributed by atoms with Crippen LogP contribution in [0, 0.1) is 5.92 Å². The van der Waals surface area contributed by atoms with Crippen LogP contribution in [-0.4, -0.2) is 28.2 Å². The van der Waals surface area contributed by atoms with Gasteiger partial charge in [-0.05, 0) is 45.6 Å². The molecule has 5 atom stereocenters. The fourth-order valence-electron chi connectivity index (χ4n) is 5.97. The standard InChI is InChI=1S/C33H57NO3/c1-8-11-12-13-14-15-16-17-18-22-25-31(35)36-30-26-32(6,9-2)34(33(7,10-3)27(30)4)37-28(5)29-23-20-19-21-24-29/h19-21,23-24,27-28,30H,8-18,22,25-26H2,1-7H3. The van der Waals surface area contributed by atoms with Crippen molar-refractivity contribution in [1.29, 1.82) is 0 Å². The number of hydroxylamine groups is 2. The number of carbonyl (C=O) groups excluding carboxylic acids is 1. The summed E-state index contributed by atoms with van der Waals surface area (Å²) in [5.74, 6) is 0.150. The van der Waals surface area contributed by atoms with Gasteiger partial charge in [-0.25, -0.2) is 0 Å². The van der Waals surface area contributed by atoms with E-state index < -0.39 is 0 Å². The number of carbonyl (C=O) groups is 1. The number of unbranched alkanes of at least 4 members (excludes halogenated alkanes) is 9. The highest BCUT2D eigenvalue weighted by atomic mass is 16.7. The van der Waals surface area contributed by atoms with Crippen molar-refractivity contribution in [3.05, 3.63) is 35.9 Å². The fraction of sp³-hybridized carbons (Fsp3) is 0.788. The summed E-state index contributed by atoms with van der Waals surface area (Å²) in [5, 5.41) is 2.27. The first-order valence-electron chi connectivity index (χ1n) is 15.4. The second-order valence-corrected chi connectivity index (χ2v) is 12.0. The average Bonchev–Trinajstić information content (AvgIpc) is 2.91. The van der Waals surface area contributed by atoms with Crippen LogP contribution in [0.1, 0.15) is 150 Å². The molecule has 0 amide bonds. The van der Waals surface area contributed by atoms with Crippen LogP contribution in [0.25, 0.3) is 0 Å². The zero-order valence-electron chi connectivity index (χ0n) is 25.2. The first-order valence-corrected chi connectivity index (χ1v) is 15.4. The maximum absolute atomic E-state index is 12.9. The van der Waals surface area contributed by atoms with Gasteiger partial charge in [-0.3, -0.25) is 9.63 Å². The molecule has 5 unspecified atom stereocenters. The summed E-state index contributed by atoms with van der Waals surface area (Å²) in [5.41, 5.74) is 0.744. The van der Waals surface area contributed by atoms with E-state index in [1.165, 1.54) is 56.9 Å². The molecule has 1 aromatic rings. The minimum absolute atomic E-state index is 0.0275. The molecule has 1 heterocycles. The van der Waals surface area contributed by atoms with Gasteiger partial charge in [-0.2, -0.15) is 5.06 Å². The summed E-state index contributed by atoms with van der Waals surface area (Å²) < 4.78 is 6.20. The number of ether oxygens (including phenoxy) is 1. The Kier molecular flexibility index (Phi) is 13.7. The number of piperidine rings is 1. The molecule has 1 saturated heterocycles. The lowest BCUT2D eigenvalue weighted by Crippen LogP contribution is -2.68. The maximum Gasteiger partial charge on any atom is 0.306 e. The highest BCUT2D eigenvalue weighted by molar-refractivity contribution is 5.69. The summed E-state index contributed by atoms with van der Waals surface area (Å²) in [4.78, 5) is 19.6. The number of rotatable bonds is 17. The van der Waals surface area contributed by atoms with Crippen molar-refractivity contribution in [1.82, 2.24) is 5.06 Å². The van der Waals surface area contributed by atoms with E-state index in [4.69, 9.17) is 9.57 Å². The van der Waals surface area contributed by atoms with Gasteiger partial charge in [0.05, 0.1) is 0 Å². The predicted octanol–water partition coefficient (Wildman–Crippen LogP) is 9.58. The Morgan fingerprint density at radius 2 is 1.49 bits per heavy atom. The molecule has 0 spiro atoms. The predicted molar refractivity (Wildman–Crippen MR) is 155 cm³/mol. The van der Waals surface area contributed by atoms with Gasteiger partial charge in [0.2, 0.25) is 0 Å². The van der Waals surface area contributed by atoms with Crippen molar-refractivity contribution >= 4 is 5.97 Å². The first-order chi connectivity index (χ1) is 17.7. The summed E-state index contributed by atoms with van der Waals surface area (Å²) in [6, 6.07) is 10.4. The third kappa shape index (κ3) is 9.10. The molecule has 1 aromatic carbocycles. The quantitative estimate of drug-likeness (QED) is 0.153. The van der Waals surface area contributed by atoms with Crippen LogP contribution in [0.3, 0.4) is 0 Å². The molecule has 0 radical (unpaired) electrons. The molecule has 0 aliphatic carbocycles. The third-order valence-corrected chi connectivity index (χ3v) is 9.16. The van der Waals surface area contributed by atoms with Gasteiger partial charge in [0.25, 0.3) is 0 Å². The molecular weight excluding hydrogens is 458 g/mol. The molecule has 1 aliphatic heterocycles. The van der Waals surface area contributed by atoms with E-state index >= 15 is 0 Å².